The molecule has 0 bridgehead atoms. The summed E-state index contributed by atoms with van der Waals surface area (Å²) in [6, 6.07) is 36.2. The van der Waals surface area contributed by atoms with Gasteiger partial charge >= 0.3 is 11.9 Å². The van der Waals surface area contributed by atoms with Crippen molar-refractivity contribution >= 4 is 11.9 Å². The summed E-state index contributed by atoms with van der Waals surface area (Å²) in [6.45, 7) is 12.9. The van der Waals surface area contributed by atoms with Gasteiger partial charge in [0.05, 0.1) is 26.4 Å². The van der Waals surface area contributed by atoms with E-state index in [0.717, 1.165) is 35.5 Å². The highest BCUT2D eigenvalue weighted by Gasteiger charge is 2.24. The zero-order valence-electron chi connectivity index (χ0n) is 33.5. The third-order valence-corrected chi connectivity index (χ3v) is 9.30. The summed E-state index contributed by atoms with van der Waals surface area (Å²) in [5.74, 6) is -0.696. The van der Waals surface area contributed by atoms with E-state index in [0.29, 0.717) is 52.7 Å². The van der Waals surface area contributed by atoms with Crippen LogP contribution in [0.1, 0.15) is 61.8 Å². The first kappa shape index (κ1) is 44.0. The van der Waals surface area contributed by atoms with Gasteiger partial charge in [-0.1, -0.05) is 84.9 Å². The smallest absolute Gasteiger partial charge is 0.417 e. The molecule has 0 aliphatic carbocycles. The highest BCUT2D eigenvalue weighted by Crippen LogP contribution is 2.20. The first-order chi connectivity index (χ1) is 27.3. The fourth-order valence-corrected chi connectivity index (χ4v) is 6.17. The van der Waals surface area contributed by atoms with Crippen molar-refractivity contribution in [3.63, 3.8) is 0 Å². The molecule has 0 spiro atoms. The van der Waals surface area contributed by atoms with E-state index in [1.807, 2.05) is 98.8 Å². The van der Waals surface area contributed by atoms with Crippen molar-refractivity contribution in [1.29, 1.82) is 0 Å². The van der Waals surface area contributed by atoms with E-state index in [1.54, 1.807) is 0 Å². The summed E-state index contributed by atoms with van der Waals surface area (Å²) in [5, 5.41) is 7.17. The molecule has 4 aromatic carbocycles. The highest BCUT2D eigenvalue weighted by molar-refractivity contribution is 6.29. The van der Waals surface area contributed by atoms with Crippen LogP contribution in [-0.4, -0.2) is 90.0 Å². The van der Waals surface area contributed by atoms with Crippen molar-refractivity contribution in [2.24, 2.45) is 0 Å². The first-order valence-corrected chi connectivity index (χ1v) is 19.8. The van der Waals surface area contributed by atoms with E-state index in [9.17, 15) is 9.59 Å². The molecule has 302 valence electrons. The molecule has 0 aromatic heterocycles. The third kappa shape index (κ3) is 16.5. The molecule has 4 rings (SSSR count). The number of carbonyl (C=O) groups excluding carboxylic acids is 2. The van der Waals surface area contributed by atoms with Gasteiger partial charge in [-0.3, -0.25) is 0 Å². The van der Waals surface area contributed by atoms with Crippen LogP contribution in [0.15, 0.2) is 109 Å². The number of rotatable bonds is 26. The Balaban J connectivity index is 1.24. The molecular weight excluding hydrogens is 709 g/mol. The SMILES string of the molecule is CCOCCOc1ccc(C[C@@H](C)NCC(COC(=O)C(=O)OCC(CN[C@H](C)Cc2ccc(OCCOCC)cc2)c2ccccc2)c2ccccc2)cc1. The average Bonchev–Trinajstić information content (AvgIpc) is 3.22. The number of benzene rings is 4. The van der Waals surface area contributed by atoms with Crippen LogP contribution in [0.2, 0.25) is 0 Å². The molecule has 0 aliphatic heterocycles. The molecule has 0 fully saturated rings. The monoisotopic (exact) mass is 768 g/mol. The molecule has 0 saturated carbocycles. The Hall–Kier alpha value is -4.74. The molecule has 2 N–H and O–H groups in total. The Morgan fingerprint density at radius 1 is 0.518 bits per heavy atom. The third-order valence-electron chi connectivity index (χ3n) is 9.30. The number of carbonyl (C=O) groups is 2. The maximum Gasteiger partial charge on any atom is 0.417 e. The second kappa shape index (κ2) is 25.4. The summed E-state index contributed by atoms with van der Waals surface area (Å²) < 4.78 is 33.3. The van der Waals surface area contributed by atoms with Crippen LogP contribution in [-0.2, 0) is 41.4 Å². The summed E-state index contributed by atoms with van der Waals surface area (Å²) in [5.41, 5.74) is 4.37. The molecule has 10 nitrogen and oxygen atoms in total. The lowest BCUT2D eigenvalue weighted by molar-refractivity contribution is -0.168. The fourth-order valence-electron chi connectivity index (χ4n) is 6.17. The quantitative estimate of drug-likeness (QED) is 0.0397. The van der Waals surface area contributed by atoms with Gasteiger partial charge in [-0.05, 0) is 87.1 Å². The van der Waals surface area contributed by atoms with E-state index in [4.69, 9.17) is 28.4 Å². The Labute approximate surface area is 333 Å². The molecule has 10 heteroatoms. The summed E-state index contributed by atoms with van der Waals surface area (Å²) in [6.07, 6.45) is 1.61. The van der Waals surface area contributed by atoms with Crippen molar-refractivity contribution in [3.8, 4) is 11.5 Å². The number of ether oxygens (including phenoxy) is 6. The van der Waals surface area contributed by atoms with Crippen LogP contribution in [0.4, 0.5) is 0 Å². The molecule has 0 heterocycles. The van der Waals surface area contributed by atoms with E-state index >= 15 is 0 Å². The van der Waals surface area contributed by atoms with Crippen LogP contribution in [0.3, 0.4) is 0 Å². The van der Waals surface area contributed by atoms with E-state index in [1.165, 1.54) is 11.1 Å². The zero-order valence-corrected chi connectivity index (χ0v) is 33.5. The van der Waals surface area contributed by atoms with Crippen LogP contribution in [0.5, 0.6) is 11.5 Å². The van der Waals surface area contributed by atoms with E-state index in [2.05, 4.69) is 48.7 Å². The highest BCUT2D eigenvalue weighted by atomic mass is 16.6. The van der Waals surface area contributed by atoms with Crippen LogP contribution < -0.4 is 20.1 Å². The topological polar surface area (TPSA) is 114 Å². The predicted molar refractivity (Wildman–Crippen MR) is 219 cm³/mol. The normalized spacial score (nSPS) is 13.3. The fraction of sp³-hybridized carbons (Fsp3) is 0.435. The molecule has 2 unspecified atom stereocenters. The van der Waals surface area contributed by atoms with Gasteiger partial charge in [0, 0.05) is 50.2 Å². The number of hydrogen-bond acceptors (Lipinski definition) is 10. The van der Waals surface area contributed by atoms with Crippen molar-refractivity contribution in [3.05, 3.63) is 131 Å². The summed E-state index contributed by atoms with van der Waals surface area (Å²) in [4.78, 5) is 25.9. The lowest BCUT2D eigenvalue weighted by Gasteiger charge is -2.22. The Kier molecular flexibility index (Phi) is 20.0. The number of nitrogens with one attached hydrogen (secondary N) is 2. The van der Waals surface area contributed by atoms with Crippen molar-refractivity contribution in [2.45, 2.75) is 64.5 Å². The Morgan fingerprint density at radius 2 is 0.893 bits per heavy atom. The molecule has 0 saturated heterocycles. The van der Waals surface area contributed by atoms with Gasteiger partial charge in [-0.25, -0.2) is 9.59 Å². The second-order valence-electron chi connectivity index (χ2n) is 13.8. The average molecular weight is 769 g/mol. The van der Waals surface area contributed by atoms with E-state index < -0.39 is 11.9 Å². The van der Waals surface area contributed by atoms with Crippen LogP contribution in [0, 0.1) is 0 Å². The van der Waals surface area contributed by atoms with Crippen LogP contribution >= 0.6 is 0 Å². The lowest BCUT2D eigenvalue weighted by atomic mass is 9.99. The minimum Gasteiger partial charge on any atom is -0.491 e. The maximum absolute atomic E-state index is 12.9. The standard InChI is InChI=1S/C46H60N2O8/c1-5-51-25-27-53-43-21-17-37(18-22-43)29-35(3)47-31-41(39-13-9-7-10-14-39)33-55-45(49)46(50)56-34-42(40-15-11-8-12-16-40)32-48-36(4)30-38-19-23-44(24-20-38)54-28-26-52-6-2/h7-24,35-36,41-42,47-48H,5-6,25-34H2,1-4H3/t35-,36-,41?,42?/m1/s1. The van der Waals surface area contributed by atoms with Gasteiger partial charge in [0.25, 0.3) is 0 Å². The Bertz CT molecular complexity index is 1530. The van der Waals surface area contributed by atoms with Gasteiger partial charge in [0.2, 0.25) is 0 Å². The van der Waals surface area contributed by atoms with Gasteiger partial charge in [-0.15, -0.1) is 0 Å². The first-order valence-electron chi connectivity index (χ1n) is 19.8. The van der Waals surface area contributed by atoms with Crippen molar-refractivity contribution in [2.75, 3.05) is 65.9 Å². The maximum atomic E-state index is 12.9. The number of esters is 2. The second-order valence-corrected chi connectivity index (χ2v) is 13.8. The minimum absolute atomic E-state index is 0.0347. The van der Waals surface area contributed by atoms with E-state index in [-0.39, 0.29) is 37.1 Å². The van der Waals surface area contributed by atoms with Gasteiger partial charge < -0.3 is 39.1 Å². The van der Waals surface area contributed by atoms with Crippen LogP contribution in [0.25, 0.3) is 0 Å². The molecule has 0 amide bonds. The summed E-state index contributed by atoms with van der Waals surface area (Å²) in [7, 11) is 0. The summed E-state index contributed by atoms with van der Waals surface area (Å²) >= 11 is 0. The zero-order chi connectivity index (χ0) is 39.8. The molecule has 0 aliphatic rings. The molecule has 0 radical (unpaired) electrons. The Morgan fingerprint density at radius 3 is 1.25 bits per heavy atom. The molecule has 4 atom stereocenters. The number of hydrogen-bond donors (Lipinski definition) is 2. The molecular formula is C46H60N2O8. The largest absolute Gasteiger partial charge is 0.491 e. The van der Waals surface area contributed by atoms with Crippen molar-refractivity contribution in [1.82, 2.24) is 10.6 Å². The molecule has 4 aromatic rings. The molecule has 56 heavy (non-hydrogen) atoms. The van der Waals surface area contributed by atoms with Gasteiger partial charge in [-0.2, -0.15) is 0 Å². The predicted octanol–water partition coefficient (Wildman–Crippen LogP) is 6.91. The lowest BCUT2D eigenvalue weighted by Crippen LogP contribution is -2.35. The van der Waals surface area contributed by atoms with Gasteiger partial charge in [0.1, 0.15) is 24.7 Å². The minimum atomic E-state index is -0.999. The van der Waals surface area contributed by atoms with Crippen molar-refractivity contribution < 1.29 is 38.0 Å². The van der Waals surface area contributed by atoms with Gasteiger partial charge in [0.15, 0.2) is 0 Å².